The number of ether oxygens (including phenoxy) is 3. The molecule has 0 unspecified atom stereocenters. The maximum absolute atomic E-state index is 6.89. The van der Waals surface area contributed by atoms with E-state index < -0.39 is 0 Å². The van der Waals surface area contributed by atoms with E-state index in [1.165, 1.54) is 5.56 Å². The van der Waals surface area contributed by atoms with Crippen LogP contribution in [0.1, 0.15) is 49.9 Å². The minimum absolute atomic E-state index is 0.558. The molecule has 2 heterocycles. The van der Waals surface area contributed by atoms with Crippen molar-refractivity contribution in [2.24, 2.45) is 0 Å². The van der Waals surface area contributed by atoms with Crippen molar-refractivity contribution in [2.75, 3.05) is 19.8 Å². The zero-order valence-corrected chi connectivity index (χ0v) is 24.2. The quantitative estimate of drug-likeness (QED) is 0.167. The Bertz CT molecular complexity index is 1390. The molecule has 0 saturated carbocycles. The van der Waals surface area contributed by atoms with Gasteiger partial charge in [0.1, 0.15) is 24.8 Å². The summed E-state index contributed by atoms with van der Waals surface area (Å²) in [7, 11) is 0. The van der Waals surface area contributed by atoms with Gasteiger partial charge < -0.3 is 18.8 Å². The Kier molecular flexibility index (Phi) is 9.63. The van der Waals surface area contributed by atoms with Crippen LogP contribution in [0, 0.1) is 0 Å². The summed E-state index contributed by atoms with van der Waals surface area (Å²) in [5.41, 5.74) is 4.45. The largest absolute Gasteiger partial charge is 0.494 e. The number of nitrogens with zero attached hydrogens (tertiary/aromatic N) is 3. The summed E-state index contributed by atoms with van der Waals surface area (Å²) in [6, 6.07) is 24.9. The Labute approximate surface area is 242 Å². The number of unbranched alkanes of at least 4 members (excludes halogenated alkanes) is 1. The molecule has 6 nitrogen and oxygen atoms in total. The molecule has 0 radical (unpaired) electrons. The second-order valence-corrected chi connectivity index (χ2v) is 10.5. The van der Waals surface area contributed by atoms with Crippen LogP contribution in [0.3, 0.4) is 0 Å². The molecule has 3 aromatic carbocycles. The van der Waals surface area contributed by atoms with Gasteiger partial charge in [-0.3, -0.25) is 4.90 Å². The van der Waals surface area contributed by atoms with Crippen molar-refractivity contribution in [3.63, 3.8) is 0 Å². The van der Waals surface area contributed by atoms with Crippen LogP contribution < -0.4 is 14.2 Å². The average Bonchev–Trinajstić information content (AvgIpc) is 3.29. The van der Waals surface area contributed by atoms with Crippen LogP contribution in [0.25, 0.3) is 11.4 Å². The van der Waals surface area contributed by atoms with Gasteiger partial charge in [0.2, 0.25) is 0 Å². The van der Waals surface area contributed by atoms with E-state index in [1.54, 1.807) is 0 Å². The maximum atomic E-state index is 6.89. The average molecular weight is 560 g/mol. The minimum atomic E-state index is 0.558. The van der Waals surface area contributed by atoms with E-state index in [2.05, 4.69) is 65.8 Å². The lowest BCUT2D eigenvalue weighted by molar-refractivity contribution is 0.170. The molecule has 40 heavy (non-hydrogen) atoms. The fourth-order valence-electron chi connectivity index (χ4n) is 5.01. The number of rotatable bonds is 13. The zero-order chi connectivity index (χ0) is 27.7. The van der Waals surface area contributed by atoms with Crippen molar-refractivity contribution in [1.82, 2.24) is 14.5 Å². The van der Waals surface area contributed by atoms with E-state index in [0.29, 0.717) is 38.1 Å². The van der Waals surface area contributed by atoms with Crippen LogP contribution in [0.4, 0.5) is 0 Å². The second kappa shape index (κ2) is 13.7. The highest BCUT2D eigenvalue weighted by atomic mass is 35.5. The monoisotopic (exact) mass is 559 g/mol. The lowest BCUT2D eigenvalue weighted by Gasteiger charge is -2.25. The summed E-state index contributed by atoms with van der Waals surface area (Å²) < 4.78 is 19.9. The van der Waals surface area contributed by atoms with E-state index in [1.807, 2.05) is 30.3 Å². The van der Waals surface area contributed by atoms with E-state index in [9.17, 15) is 0 Å². The first-order valence-corrected chi connectivity index (χ1v) is 14.6. The normalized spacial score (nSPS) is 12.6. The zero-order valence-electron chi connectivity index (χ0n) is 23.4. The summed E-state index contributed by atoms with van der Waals surface area (Å²) in [5, 5.41) is 0.558. The molecule has 0 saturated heterocycles. The summed E-state index contributed by atoms with van der Waals surface area (Å²) in [6.45, 7) is 9.15. The summed E-state index contributed by atoms with van der Waals surface area (Å²) in [5.74, 6) is 3.42. The van der Waals surface area contributed by atoms with Gasteiger partial charge in [-0.05, 0) is 48.2 Å². The van der Waals surface area contributed by atoms with Gasteiger partial charge in [-0.15, -0.1) is 0 Å². The van der Waals surface area contributed by atoms with Gasteiger partial charge in [-0.25, -0.2) is 4.98 Å². The van der Waals surface area contributed by atoms with Crippen LogP contribution in [0.5, 0.6) is 17.2 Å². The van der Waals surface area contributed by atoms with Crippen molar-refractivity contribution in [2.45, 2.75) is 59.3 Å². The molecule has 0 amide bonds. The standard InChI is InChI=1S/C33H38ClN3O3/c1-3-5-16-37-29(32(34)35-33(37)27-11-7-6-8-12-27)24-36(22-25-10-9-13-28(20-25)38-17-4-2)23-26-14-15-30-31(21-26)40-19-18-39-30/h6-15,20-21H,3-5,16-19,22-24H2,1-2H3. The van der Waals surface area contributed by atoms with E-state index in [4.69, 9.17) is 30.8 Å². The first kappa shape index (κ1) is 28.1. The van der Waals surface area contributed by atoms with E-state index >= 15 is 0 Å². The van der Waals surface area contributed by atoms with Crippen LogP contribution in [-0.4, -0.2) is 34.3 Å². The fraction of sp³-hybridized carbons (Fsp3) is 0.364. The Morgan fingerprint density at radius 3 is 2.40 bits per heavy atom. The number of benzene rings is 3. The van der Waals surface area contributed by atoms with Crippen molar-refractivity contribution in [3.05, 3.63) is 94.8 Å². The smallest absolute Gasteiger partial charge is 0.161 e. The summed E-state index contributed by atoms with van der Waals surface area (Å²) >= 11 is 6.89. The Balaban J connectivity index is 1.47. The summed E-state index contributed by atoms with van der Waals surface area (Å²) in [4.78, 5) is 7.26. The van der Waals surface area contributed by atoms with Gasteiger partial charge in [0.25, 0.3) is 0 Å². The number of halogens is 1. The summed E-state index contributed by atoms with van der Waals surface area (Å²) in [6.07, 6.45) is 3.12. The van der Waals surface area contributed by atoms with Crippen molar-refractivity contribution in [3.8, 4) is 28.6 Å². The van der Waals surface area contributed by atoms with Crippen molar-refractivity contribution < 1.29 is 14.2 Å². The third-order valence-electron chi connectivity index (χ3n) is 6.95. The van der Waals surface area contributed by atoms with E-state index in [-0.39, 0.29) is 0 Å². The lowest BCUT2D eigenvalue weighted by atomic mass is 10.1. The SMILES string of the molecule is CCCCn1c(-c2ccccc2)nc(Cl)c1CN(Cc1cccc(OCCC)c1)Cc1ccc2c(c1)OCCO2. The Hall–Kier alpha value is -3.48. The third kappa shape index (κ3) is 6.98. The highest BCUT2D eigenvalue weighted by molar-refractivity contribution is 6.30. The van der Waals surface area contributed by atoms with Gasteiger partial charge in [0.05, 0.1) is 12.3 Å². The van der Waals surface area contributed by atoms with Crippen molar-refractivity contribution >= 4 is 11.6 Å². The first-order chi connectivity index (χ1) is 19.6. The number of hydrogen-bond acceptors (Lipinski definition) is 5. The number of fused-ring (bicyclic) bond motifs is 1. The molecule has 0 N–H and O–H groups in total. The predicted octanol–water partition coefficient (Wildman–Crippen LogP) is 7.77. The molecule has 210 valence electrons. The molecule has 1 aromatic heterocycles. The molecule has 0 atom stereocenters. The topological polar surface area (TPSA) is 48.8 Å². The highest BCUT2D eigenvalue weighted by Gasteiger charge is 2.21. The second-order valence-electron chi connectivity index (χ2n) is 10.2. The molecular formula is C33H38ClN3O3. The molecule has 0 spiro atoms. The van der Waals surface area contributed by atoms with Crippen LogP contribution in [-0.2, 0) is 26.2 Å². The number of hydrogen-bond donors (Lipinski definition) is 0. The van der Waals surface area contributed by atoms with Gasteiger partial charge >= 0.3 is 0 Å². The molecule has 4 aromatic rings. The van der Waals surface area contributed by atoms with Gasteiger partial charge in [-0.1, -0.05) is 80.4 Å². The fourth-order valence-corrected chi connectivity index (χ4v) is 5.25. The van der Waals surface area contributed by atoms with Gasteiger partial charge in [0.15, 0.2) is 16.7 Å². The van der Waals surface area contributed by atoms with Crippen LogP contribution in [0.2, 0.25) is 5.15 Å². The highest BCUT2D eigenvalue weighted by Crippen LogP contribution is 2.32. The van der Waals surface area contributed by atoms with Crippen molar-refractivity contribution in [1.29, 1.82) is 0 Å². The molecule has 0 aliphatic carbocycles. The molecule has 7 heteroatoms. The maximum Gasteiger partial charge on any atom is 0.161 e. The van der Waals surface area contributed by atoms with Crippen LogP contribution in [0.15, 0.2) is 72.8 Å². The predicted molar refractivity (Wildman–Crippen MR) is 160 cm³/mol. The minimum Gasteiger partial charge on any atom is -0.494 e. The molecule has 0 bridgehead atoms. The molecule has 5 rings (SSSR count). The molecule has 1 aliphatic heterocycles. The van der Waals surface area contributed by atoms with Crippen LogP contribution >= 0.6 is 11.6 Å². The number of imidazole rings is 1. The van der Waals surface area contributed by atoms with E-state index in [0.717, 1.165) is 72.2 Å². The van der Waals surface area contributed by atoms with Gasteiger partial charge in [-0.2, -0.15) is 0 Å². The Morgan fingerprint density at radius 2 is 1.62 bits per heavy atom. The lowest BCUT2D eigenvalue weighted by Crippen LogP contribution is -2.25. The molecule has 0 fully saturated rings. The number of aromatic nitrogens is 2. The van der Waals surface area contributed by atoms with Gasteiger partial charge in [0, 0.05) is 31.7 Å². The molecule has 1 aliphatic rings. The molecular weight excluding hydrogens is 522 g/mol. The first-order valence-electron chi connectivity index (χ1n) is 14.3. The Morgan fingerprint density at radius 1 is 0.850 bits per heavy atom. The third-order valence-corrected chi connectivity index (χ3v) is 7.26.